The second-order valence-electron chi connectivity index (χ2n) is 4.44. The summed E-state index contributed by atoms with van der Waals surface area (Å²) in [5.74, 6) is -1.02. The summed E-state index contributed by atoms with van der Waals surface area (Å²) in [6.07, 6.45) is 0.562. The molecule has 0 radical (unpaired) electrons. The zero-order valence-electron chi connectivity index (χ0n) is 11.8. The van der Waals surface area contributed by atoms with E-state index in [1.54, 1.807) is 32.0 Å². The predicted octanol–water partition coefficient (Wildman–Crippen LogP) is 2.37. The molecule has 0 saturated carbocycles. The van der Waals surface area contributed by atoms with Crippen molar-refractivity contribution < 1.29 is 18.7 Å². The van der Waals surface area contributed by atoms with Crippen molar-refractivity contribution in [3.63, 3.8) is 0 Å². The Bertz CT molecular complexity index is 680. The van der Waals surface area contributed by atoms with E-state index in [-0.39, 0.29) is 30.2 Å². The molecular weight excluding hydrogens is 275 g/mol. The number of carbonyl (C=O) groups excluding carboxylic acids is 2. The van der Waals surface area contributed by atoms with Gasteiger partial charge < -0.3 is 4.74 Å². The van der Waals surface area contributed by atoms with Gasteiger partial charge in [0.2, 0.25) is 0 Å². The number of esters is 1. The molecule has 0 saturated heterocycles. The molecule has 6 heteroatoms. The molecule has 5 nitrogen and oxygen atoms in total. The first-order valence-corrected chi connectivity index (χ1v) is 6.51. The maximum atomic E-state index is 13.7. The molecule has 0 fully saturated rings. The van der Waals surface area contributed by atoms with Crippen LogP contribution in [0.3, 0.4) is 0 Å². The minimum absolute atomic E-state index is 0.0410. The molecule has 0 spiro atoms. The topological polar surface area (TPSA) is 61.2 Å². The summed E-state index contributed by atoms with van der Waals surface area (Å²) >= 11 is 0. The molecule has 0 aliphatic rings. The normalized spacial score (nSPS) is 10.4. The van der Waals surface area contributed by atoms with Crippen LogP contribution in [0.5, 0.6) is 0 Å². The summed E-state index contributed by atoms with van der Waals surface area (Å²) in [5.41, 5.74) is 1.05. The Morgan fingerprint density at radius 1 is 1.43 bits per heavy atom. The molecule has 0 unspecified atom stereocenters. The molecule has 0 N–H and O–H groups in total. The molecule has 110 valence electrons. The quantitative estimate of drug-likeness (QED) is 0.626. The van der Waals surface area contributed by atoms with Gasteiger partial charge in [0, 0.05) is 11.3 Å². The Morgan fingerprint density at radius 2 is 2.14 bits per heavy atom. The number of aldehydes is 1. The second-order valence-corrected chi connectivity index (χ2v) is 4.44. The monoisotopic (exact) mass is 290 g/mol. The first-order valence-electron chi connectivity index (χ1n) is 6.51. The molecular formula is C15H15FN2O3. The van der Waals surface area contributed by atoms with Gasteiger partial charge in [-0.25, -0.2) is 9.18 Å². The van der Waals surface area contributed by atoms with Crippen LogP contribution in [0.4, 0.5) is 4.39 Å². The number of hydrogen-bond acceptors (Lipinski definition) is 4. The van der Waals surface area contributed by atoms with Gasteiger partial charge in [-0.2, -0.15) is 5.10 Å². The lowest BCUT2D eigenvalue weighted by atomic mass is 10.2. The Balaban J connectivity index is 2.39. The lowest BCUT2D eigenvalue weighted by Gasteiger charge is -2.05. The second kappa shape index (κ2) is 6.30. The molecule has 21 heavy (non-hydrogen) atoms. The van der Waals surface area contributed by atoms with E-state index in [4.69, 9.17) is 4.74 Å². The van der Waals surface area contributed by atoms with Crippen molar-refractivity contribution in [2.75, 3.05) is 6.61 Å². The zero-order valence-corrected chi connectivity index (χ0v) is 11.8. The van der Waals surface area contributed by atoms with E-state index < -0.39 is 5.97 Å². The third-order valence-electron chi connectivity index (χ3n) is 3.12. The number of aromatic nitrogens is 2. The Hall–Kier alpha value is -2.50. The highest BCUT2D eigenvalue weighted by molar-refractivity contribution is 5.97. The van der Waals surface area contributed by atoms with E-state index >= 15 is 0 Å². The summed E-state index contributed by atoms with van der Waals surface area (Å²) in [4.78, 5) is 22.9. The standard InChI is InChI=1S/C15H15FN2O3/c1-3-21-15(20)14-12(9-19)10(2)18(17-14)8-11-6-4-5-7-13(11)16/h4-7,9H,3,8H2,1-2H3. The van der Waals surface area contributed by atoms with Gasteiger partial charge in [-0.1, -0.05) is 18.2 Å². The van der Waals surface area contributed by atoms with Gasteiger partial charge in [0.25, 0.3) is 0 Å². The smallest absolute Gasteiger partial charge is 0.359 e. The van der Waals surface area contributed by atoms with Crippen LogP contribution >= 0.6 is 0 Å². The lowest BCUT2D eigenvalue weighted by Crippen LogP contribution is -2.09. The van der Waals surface area contributed by atoms with E-state index in [9.17, 15) is 14.0 Å². The van der Waals surface area contributed by atoms with E-state index in [2.05, 4.69) is 5.10 Å². The van der Waals surface area contributed by atoms with Crippen molar-refractivity contribution in [1.29, 1.82) is 0 Å². The van der Waals surface area contributed by atoms with Crippen LogP contribution < -0.4 is 0 Å². The van der Waals surface area contributed by atoms with Crippen molar-refractivity contribution in [3.05, 3.63) is 52.6 Å². The van der Waals surface area contributed by atoms with Gasteiger partial charge in [0.05, 0.1) is 18.7 Å². The van der Waals surface area contributed by atoms with Gasteiger partial charge in [0.1, 0.15) is 5.82 Å². The number of carbonyl (C=O) groups is 2. The number of ether oxygens (including phenoxy) is 1. The maximum Gasteiger partial charge on any atom is 0.359 e. The van der Waals surface area contributed by atoms with Gasteiger partial charge >= 0.3 is 5.97 Å². The average Bonchev–Trinajstić information content (AvgIpc) is 2.78. The molecule has 0 aliphatic carbocycles. The molecule has 1 aromatic carbocycles. The van der Waals surface area contributed by atoms with Gasteiger partial charge in [-0.3, -0.25) is 9.48 Å². The van der Waals surface area contributed by atoms with E-state index in [0.29, 0.717) is 17.5 Å². The minimum Gasteiger partial charge on any atom is -0.461 e. The number of benzene rings is 1. The summed E-state index contributed by atoms with van der Waals surface area (Å²) in [5, 5.41) is 4.08. The van der Waals surface area contributed by atoms with E-state index in [0.717, 1.165) is 0 Å². The van der Waals surface area contributed by atoms with Crippen molar-refractivity contribution in [3.8, 4) is 0 Å². The summed E-state index contributed by atoms with van der Waals surface area (Å²) in [6, 6.07) is 6.28. The fraction of sp³-hybridized carbons (Fsp3) is 0.267. The van der Waals surface area contributed by atoms with Crippen molar-refractivity contribution in [2.45, 2.75) is 20.4 Å². The molecule has 0 bridgehead atoms. The summed E-state index contributed by atoms with van der Waals surface area (Å²) in [7, 11) is 0. The largest absolute Gasteiger partial charge is 0.461 e. The Kier molecular flexibility index (Phi) is 4.47. The van der Waals surface area contributed by atoms with Crippen LogP contribution in [0.15, 0.2) is 24.3 Å². The van der Waals surface area contributed by atoms with E-state index in [1.165, 1.54) is 10.7 Å². The van der Waals surface area contributed by atoms with Crippen molar-refractivity contribution in [2.24, 2.45) is 0 Å². The first-order chi connectivity index (χ1) is 10.1. The third kappa shape index (κ3) is 2.99. The fourth-order valence-corrected chi connectivity index (χ4v) is 1.99. The van der Waals surface area contributed by atoms with E-state index in [1.807, 2.05) is 0 Å². The Morgan fingerprint density at radius 3 is 2.76 bits per heavy atom. The third-order valence-corrected chi connectivity index (χ3v) is 3.12. The predicted molar refractivity (Wildman–Crippen MR) is 73.8 cm³/mol. The molecule has 1 heterocycles. The summed E-state index contributed by atoms with van der Waals surface area (Å²) in [6.45, 7) is 3.65. The number of rotatable bonds is 5. The maximum absolute atomic E-state index is 13.7. The first kappa shape index (κ1) is 14.9. The molecule has 1 aromatic heterocycles. The molecule has 2 rings (SSSR count). The molecule has 0 amide bonds. The highest BCUT2D eigenvalue weighted by atomic mass is 19.1. The number of halogens is 1. The zero-order chi connectivity index (χ0) is 15.4. The highest BCUT2D eigenvalue weighted by Crippen LogP contribution is 2.16. The molecule has 2 aromatic rings. The minimum atomic E-state index is -0.657. The number of hydrogen-bond donors (Lipinski definition) is 0. The van der Waals surface area contributed by atoms with Gasteiger partial charge in [0.15, 0.2) is 12.0 Å². The molecule has 0 atom stereocenters. The molecule has 0 aliphatic heterocycles. The average molecular weight is 290 g/mol. The SMILES string of the molecule is CCOC(=O)c1nn(Cc2ccccc2F)c(C)c1C=O. The van der Waals surface area contributed by atoms with Crippen LogP contribution in [0.2, 0.25) is 0 Å². The Labute approximate surface area is 121 Å². The van der Waals surface area contributed by atoms with Crippen molar-refractivity contribution >= 4 is 12.3 Å². The fourth-order valence-electron chi connectivity index (χ4n) is 1.99. The van der Waals surface area contributed by atoms with Crippen LogP contribution in [0, 0.1) is 12.7 Å². The van der Waals surface area contributed by atoms with Crippen molar-refractivity contribution in [1.82, 2.24) is 9.78 Å². The highest BCUT2D eigenvalue weighted by Gasteiger charge is 2.21. The van der Waals surface area contributed by atoms with Crippen LogP contribution in [-0.2, 0) is 11.3 Å². The number of nitrogens with zero attached hydrogens (tertiary/aromatic N) is 2. The summed E-state index contributed by atoms with van der Waals surface area (Å²) < 4.78 is 20.0. The van der Waals surface area contributed by atoms with Crippen LogP contribution in [0.25, 0.3) is 0 Å². The van der Waals surface area contributed by atoms with Gasteiger partial charge in [-0.05, 0) is 19.9 Å². The van der Waals surface area contributed by atoms with Crippen LogP contribution in [-0.4, -0.2) is 28.6 Å². The lowest BCUT2D eigenvalue weighted by molar-refractivity contribution is 0.0516. The van der Waals surface area contributed by atoms with Gasteiger partial charge in [-0.15, -0.1) is 0 Å². The van der Waals surface area contributed by atoms with Crippen LogP contribution in [0.1, 0.15) is 39.0 Å².